The fourth-order valence-electron chi connectivity index (χ4n) is 2.07. The second-order valence-corrected chi connectivity index (χ2v) is 7.44. The van der Waals surface area contributed by atoms with Crippen LogP contribution in [0.25, 0.3) is 0 Å². The molecule has 0 aliphatic rings. The number of benzene rings is 2. The summed E-state index contributed by atoms with van der Waals surface area (Å²) in [6, 6.07) is 11.0. The van der Waals surface area contributed by atoms with E-state index in [1.54, 1.807) is 0 Å². The zero-order valence-electron chi connectivity index (χ0n) is 13.7. The minimum Gasteiger partial charge on any atom is -0.445 e. The van der Waals surface area contributed by atoms with Gasteiger partial charge in [0, 0.05) is 13.6 Å². The largest absolute Gasteiger partial charge is 1.00 e. The van der Waals surface area contributed by atoms with Crippen molar-refractivity contribution >= 4 is 22.5 Å². The van der Waals surface area contributed by atoms with E-state index < -0.39 is 22.5 Å². The average molecular weight is 381 g/mol. The first-order chi connectivity index (χ1) is 10.6. The zero-order valence-corrected chi connectivity index (χ0v) is 17.6. The molecule has 0 heterocycles. The van der Waals surface area contributed by atoms with Gasteiger partial charge in [-0.15, -0.1) is 5.46 Å². The molecule has 0 saturated heterocycles. The third-order valence-electron chi connectivity index (χ3n) is 3.49. The third kappa shape index (κ3) is 5.42. The Morgan fingerprint density at radius 3 is 1.92 bits per heavy atom. The Morgan fingerprint density at radius 1 is 0.958 bits per heavy atom. The van der Waals surface area contributed by atoms with Gasteiger partial charge in [-0.3, -0.25) is 0 Å². The fourth-order valence-corrected chi connectivity index (χ4v) is 3.23. The molecule has 0 fully saturated rings. The summed E-state index contributed by atoms with van der Waals surface area (Å²) in [5, 5.41) is 0. The Hall–Kier alpha value is -0.159. The summed E-state index contributed by atoms with van der Waals surface area (Å²) >= 11 is 0. The van der Waals surface area contributed by atoms with E-state index in [0.29, 0.717) is 0 Å². The van der Waals surface area contributed by atoms with Crippen LogP contribution in [0.2, 0.25) is 0 Å². The minimum atomic E-state index is -5.13. The van der Waals surface area contributed by atoms with Crippen molar-refractivity contribution in [3.63, 3.8) is 0 Å². The number of aryl methyl sites for hydroxylation is 1. The van der Waals surface area contributed by atoms with Crippen LogP contribution < -0.4 is 56.8 Å². The van der Waals surface area contributed by atoms with Crippen molar-refractivity contribution in [3.8, 4) is 0 Å². The molecule has 0 aliphatic carbocycles. The van der Waals surface area contributed by atoms with Crippen molar-refractivity contribution < 1.29 is 72.7 Å². The molecule has 0 atom stereocenters. The van der Waals surface area contributed by atoms with Gasteiger partial charge in [0.1, 0.15) is 0 Å². The van der Waals surface area contributed by atoms with Gasteiger partial charge in [0.05, 0.1) is 4.90 Å². The third-order valence-corrected chi connectivity index (χ3v) is 5.31. The average Bonchev–Trinajstić information content (AvgIpc) is 2.48. The maximum atomic E-state index is 12.6. The summed E-state index contributed by atoms with van der Waals surface area (Å²) in [7, 11) is -2.44. The summed E-state index contributed by atoms with van der Waals surface area (Å²) in [6.07, 6.45) is 0. The second-order valence-electron chi connectivity index (χ2n) is 5.39. The summed E-state index contributed by atoms with van der Waals surface area (Å²) in [4.78, 5) is -0.157. The Morgan fingerprint density at radius 2 is 1.46 bits per heavy atom. The zero-order chi connectivity index (χ0) is 17.3. The topological polar surface area (TPSA) is 37.4 Å². The molecule has 124 valence electrons. The molecule has 0 N–H and O–H groups in total. The summed E-state index contributed by atoms with van der Waals surface area (Å²) < 4.78 is 63.7. The normalized spacial score (nSPS) is 12.1. The molecule has 0 aliphatic heterocycles. The first-order valence-corrected chi connectivity index (χ1v) is 8.36. The smallest absolute Gasteiger partial charge is 0.445 e. The van der Waals surface area contributed by atoms with Crippen molar-refractivity contribution in [2.24, 2.45) is 0 Å². The van der Waals surface area contributed by atoms with Crippen LogP contribution in [-0.4, -0.2) is 26.7 Å². The van der Waals surface area contributed by atoms with E-state index in [-0.39, 0.29) is 62.8 Å². The minimum absolute atomic E-state index is 0. The van der Waals surface area contributed by atoms with Gasteiger partial charge in [0.15, 0.2) is 0 Å². The van der Waals surface area contributed by atoms with E-state index in [4.69, 9.17) is 0 Å². The van der Waals surface area contributed by atoms with Crippen molar-refractivity contribution in [2.45, 2.75) is 18.4 Å². The van der Waals surface area contributed by atoms with Gasteiger partial charge in [-0.25, -0.2) is 8.42 Å². The Balaban J connectivity index is 0.00000288. The van der Waals surface area contributed by atoms with E-state index in [0.717, 1.165) is 39.7 Å². The molecule has 0 spiro atoms. The van der Waals surface area contributed by atoms with Crippen LogP contribution in [0.1, 0.15) is 11.1 Å². The van der Waals surface area contributed by atoms with Crippen LogP contribution in [0.3, 0.4) is 0 Å². The molecular formula is C15H16BF3KNO2S. The van der Waals surface area contributed by atoms with Crippen LogP contribution in [0.15, 0.2) is 53.4 Å². The molecule has 0 bridgehead atoms. The SMILES string of the molecule is Cc1ccc(CN(C)S(=O)(=O)c2ccc([B-](F)(F)F)cc2)cc1.[K+]. The van der Waals surface area contributed by atoms with E-state index in [1.165, 1.54) is 7.05 Å². The molecule has 3 nitrogen and oxygen atoms in total. The first kappa shape index (κ1) is 21.9. The summed E-state index contributed by atoms with van der Waals surface area (Å²) in [5.74, 6) is 0. The quantitative estimate of drug-likeness (QED) is 0.678. The molecule has 2 rings (SSSR count). The van der Waals surface area contributed by atoms with Gasteiger partial charge in [-0.2, -0.15) is 4.31 Å². The number of halogens is 3. The molecule has 2 aromatic carbocycles. The molecule has 0 radical (unpaired) electrons. The summed E-state index contributed by atoms with van der Waals surface area (Å²) in [6.45, 7) is -3.06. The van der Waals surface area contributed by atoms with Gasteiger partial charge < -0.3 is 12.9 Å². The van der Waals surface area contributed by atoms with Gasteiger partial charge in [0.2, 0.25) is 10.0 Å². The number of rotatable bonds is 5. The van der Waals surface area contributed by atoms with Crippen molar-refractivity contribution in [2.75, 3.05) is 7.05 Å². The molecule has 0 saturated carbocycles. The Labute approximate surface area is 182 Å². The maximum absolute atomic E-state index is 12.6. The molecule has 9 heteroatoms. The molecule has 0 aromatic heterocycles. The fraction of sp³-hybridized carbons (Fsp3) is 0.200. The van der Waals surface area contributed by atoms with E-state index in [9.17, 15) is 21.4 Å². The van der Waals surface area contributed by atoms with Crippen LogP contribution in [-0.2, 0) is 16.6 Å². The van der Waals surface area contributed by atoms with Crippen molar-refractivity contribution in [1.29, 1.82) is 0 Å². The predicted octanol–water partition coefficient (Wildman–Crippen LogP) is -0.126. The first-order valence-electron chi connectivity index (χ1n) is 6.92. The molecular weight excluding hydrogens is 365 g/mol. The molecule has 2 aromatic rings. The Kier molecular flexibility index (Phi) is 7.73. The van der Waals surface area contributed by atoms with Crippen molar-refractivity contribution in [1.82, 2.24) is 4.31 Å². The van der Waals surface area contributed by atoms with Crippen LogP contribution >= 0.6 is 0 Å². The molecule has 0 amide bonds. The number of hydrogen-bond donors (Lipinski definition) is 0. The van der Waals surface area contributed by atoms with Gasteiger partial charge in [0.25, 0.3) is 0 Å². The number of sulfonamides is 1. The van der Waals surface area contributed by atoms with E-state index in [2.05, 4.69) is 0 Å². The number of nitrogens with zero attached hydrogens (tertiary/aromatic N) is 1. The molecule has 0 unspecified atom stereocenters. The van der Waals surface area contributed by atoms with E-state index in [1.807, 2.05) is 31.2 Å². The monoisotopic (exact) mass is 381 g/mol. The standard InChI is InChI=1S/C15H16BF3NO2S.K/c1-12-3-5-13(6-4-12)11-20(2)23(21,22)15-9-7-14(8-10-15)16(17,18)19;/h3-10H,11H2,1-2H3;/q-1;+1. The second kappa shape index (κ2) is 8.48. The van der Waals surface area contributed by atoms with Crippen molar-refractivity contribution in [3.05, 3.63) is 59.7 Å². The maximum Gasteiger partial charge on any atom is 1.00 e. The Bertz CT molecular complexity index is 778. The van der Waals surface area contributed by atoms with Crippen LogP contribution in [0, 0.1) is 6.92 Å². The predicted molar refractivity (Wildman–Crippen MR) is 85.0 cm³/mol. The molecule has 24 heavy (non-hydrogen) atoms. The van der Waals surface area contributed by atoms with Crippen LogP contribution in [0.5, 0.6) is 0 Å². The van der Waals surface area contributed by atoms with Gasteiger partial charge in [-0.1, -0.05) is 42.0 Å². The van der Waals surface area contributed by atoms with Crippen LogP contribution in [0.4, 0.5) is 12.9 Å². The summed E-state index contributed by atoms with van der Waals surface area (Å²) in [5.41, 5.74) is 1.05. The van der Waals surface area contributed by atoms with Gasteiger partial charge in [-0.05, 0) is 24.6 Å². The van der Waals surface area contributed by atoms with E-state index >= 15 is 0 Å². The number of hydrogen-bond acceptors (Lipinski definition) is 2. The van der Waals surface area contributed by atoms with Gasteiger partial charge >= 0.3 is 58.4 Å².